The van der Waals surface area contributed by atoms with Crippen molar-refractivity contribution in [2.75, 3.05) is 4.90 Å². The largest absolute Gasteiger partial charge is 0.456 e. The van der Waals surface area contributed by atoms with E-state index in [1.54, 1.807) is 0 Å². The molecule has 0 atom stereocenters. The molecular weight excluding hydrogens is 837 g/mol. The summed E-state index contributed by atoms with van der Waals surface area (Å²) < 4.78 is 8.58. The van der Waals surface area contributed by atoms with Gasteiger partial charge in [0.05, 0.1) is 16.7 Å². The van der Waals surface area contributed by atoms with Crippen LogP contribution < -0.4 is 4.90 Å². The van der Waals surface area contributed by atoms with Crippen LogP contribution in [0.15, 0.2) is 271 Å². The van der Waals surface area contributed by atoms with Gasteiger partial charge in [0.15, 0.2) is 0 Å². The summed E-state index contributed by atoms with van der Waals surface area (Å²) >= 11 is 0. The first-order valence-electron chi connectivity index (χ1n) is 23.6. The van der Waals surface area contributed by atoms with Crippen LogP contribution in [0.25, 0.3) is 105 Å². The van der Waals surface area contributed by atoms with Crippen molar-refractivity contribution < 1.29 is 4.42 Å². The molecule has 2 aromatic heterocycles. The van der Waals surface area contributed by atoms with Crippen molar-refractivity contribution in [3.8, 4) is 61.3 Å². The SMILES string of the molecule is c1ccc(-c2ccccc2N(c2ccc(-c3ccc(-c4cccc(-n5c6ccccc6c6ccccc65)c4)cc3)cc2)c2ccc(-c3ccc(-c4ccc5c(c4)oc4ccccc45)cc3)cc2)cc1. The van der Waals surface area contributed by atoms with Gasteiger partial charge in [-0.15, -0.1) is 0 Å². The van der Waals surface area contributed by atoms with Crippen LogP contribution in [0.1, 0.15) is 0 Å². The summed E-state index contributed by atoms with van der Waals surface area (Å²) in [4.78, 5) is 2.38. The highest BCUT2D eigenvalue weighted by Crippen LogP contribution is 2.42. The third-order valence-corrected chi connectivity index (χ3v) is 13.6. The highest BCUT2D eigenvalue weighted by Gasteiger charge is 2.18. The first-order valence-corrected chi connectivity index (χ1v) is 23.6. The van der Waals surface area contributed by atoms with Crippen LogP contribution in [-0.2, 0) is 0 Å². The van der Waals surface area contributed by atoms with E-state index >= 15 is 0 Å². The van der Waals surface area contributed by atoms with E-state index < -0.39 is 0 Å². The van der Waals surface area contributed by atoms with E-state index in [9.17, 15) is 0 Å². The summed E-state index contributed by atoms with van der Waals surface area (Å²) in [6.45, 7) is 0. The van der Waals surface area contributed by atoms with E-state index in [0.29, 0.717) is 0 Å². The van der Waals surface area contributed by atoms with E-state index in [2.05, 4.69) is 264 Å². The van der Waals surface area contributed by atoms with Crippen molar-refractivity contribution in [2.45, 2.75) is 0 Å². The van der Waals surface area contributed by atoms with Gasteiger partial charge in [-0.05, 0) is 123 Å². The second-order valence-electron chi connectivity index (χ2n) is 17.7. The number of benzene rings is 11. The summed E-state index contributed by atoms with van der Waals surface area (Å²) in [6, 6.07) is 96.1. The first kappa shape index (κ1) is 40.1. The van der Waals surface area contributed by atoms with E-state index in [1.807, 2.05) is 12.1 Å². The molecule has 0 spiro atoms. The van der Waals surface area contributed by atoms with Crippen molar-refractivity contribution in [2.24, 2.45) is 0 Å². The summed E-state index contributed by atoms with van der Waals surface area (Å²) in [5.74, 6) is 0. The first-order chi connectivity index (χ1) is 34.2. The molecule has 0 aliphatic rings. The molecule has 3 nitrogen and oxygen atoms in total. The van der Waals surface area contributed by atoms with Gasteiger partial charge in [-0.25, -0.2) is 0 Å². The molecule has 0 N–H and O–H groups in total. The summed E-state index contributed by atoms with van der Waals surface area (Å²) in [5, 5.41) is 4.82. The zero-order chi connectivity index (χ0) is 45.7. The van der Waals surface area contributed by atoms with Gasteiger partial charge in [0, 0.05) is 44.2 Å². The molecule has 0 amide bonds. The number of fused-ring (bicyclic) bond motifs is 6. The van der Waals surface area contributed by atoms with Gasteiger partial charge in [-0.3, -0.25) is 0 Å². The Morgan fingerprint density at radius 2 is 0.710 bits per heavy atom. The lowest BCUT2D eigenvalue weighted by Gasteiger charge is -2.28. The fourth-order valence-electron chi connectivity index (χ4n) is 10.2. The molecule has 13 rings (SSSR count). The maximum Gasteiger partial charge on any atom is 0.136 e. The van der Waals surface area contributed by atoms with Crippen molar-refractivity contribution in [1.29, 1.82) is 0 Å². The minimum atomic E-state index is 0.907. The fourth-order valence-corrected chi connectivity index (χ4v) is 10.2. The third kappa shape index (κ3) is 7.25. The summed E-state index contributed by atoms with van der Waals surface area (Å²) in [7, 11) is 0. The zero-order valence-electron chi connectivity index (χ0n) is 37.7. The number of aromatic nitrogens is 1. The molecule has 11 aromatic carbocycles. The monoisotopic (exact) mass is 880 g/mol. The van der Waals surface area contributed by atoms with Crippen molar-refractivity contribution >= 4 is 60.8 Å². The standard InChI is InChI=1S/C66H44N2O/c1-2-13-51(14-3-1)57-17-4-8-21-62(57)67(55-40-35-48(36-41-55)46-27-31-50(32-28-46)53-37-42-61-60-20-7-11-24-65(60)69-66(61)44-53)54-38-33-47(34-39-54)45-25-29-49(30-26-45)52-15-12-16-56(43-52)68-63-22-9-5-18-58(63)59-19-6-10-23-64(59)68/h1-44H. The Hall–Kier alpha value is -9.18. The molecule has 324 valence electrons. The number of rotatable bonds is 9. The molecule has 0 saturated carbocycles. The molecule has 0 unspecified atom stereocenters. The molecule has 0 radical (unpaired) electrons. The molecule has 0 saturated heterocycles. The average molecular weight is 881 g/mol. The topological polar surface area (TPSA) is 21.3 Å². The van der Waals surface area contributed by atoms with E-state index in [4.69, 9.17) is 4.42 Å². The Kier molecular flexibility index (Phi) is 9.84. The maximum atomic E-state index is 6.20. The summed E-state index contributed by atoms with van der Waals surface area (Å²) in [5.41, 5.74) is 20.3. The molecular formula is C66H44N2O. The van der Waals surface area contributed by atoms with Crippen LogP contribution in [0.2, 0.25) is 0 Å². The van der Waals surface area contributed by atoms with Crippen LogP contribution >= 0.6 is 0 Å². The van der Waals surface area contributed by atoms with Crippen molar-refractivity contribution in [3.63, 3.8) is 0 Å². The van der Waals surface area contributed by atoms with Gasteiger partial charge in [-0.2, -0.15) is 0 Å². The molecule has 13 aromatic rings. The molecule has 2 heterocycles. The fraction of sp³-hybridized carbons (Fsp3) is 0. The normalized spacial score (nSPS) is 11.5. The smallest absolute Gasteiger partial charge is 0.136 e. The maximum absolute atomic E-state index is 6.20. The number of anilines is 3. The minimum absolute atomic E-state index is 0.907. The van der Waals surface area contributed by atoms with Gasteiger partial charge in [0.25, 0.3) is 0 Å². The van der Waals surface area contributed by atoms with E-state index in [0.717, 1.165) is 72.5 Å². The van der Waals surface area contributed by atoms with Gasteiger partial charge in [0.2, 0.25) is 0 Å². The van der Waals surface area contributed by atoms with Gasteiger partial charge in [-0.1, -0.05) is 194 Å². The van der Waals surface area contributed by atoms with Crippen molar-refractivity contribution in [3.05, 3.63) is 267 Å². The van der Waals surface area contributed by atoms with Gasteiger partial charge in [0.1, 0.15) is 11.2 Å². The van der Waals surface area contributed by atoms with Gasteiger partial charge >= 0.3 is 0 Å². The van der Waals surface area contributed by atoms with Gasteiger partial charge < -0.3 is 13.9 Å². The molecule has 0 aliphatic heterocycles. The Bertz CT molecular complexity index is 3920. The van der Waals surface area contributed by atoms with Crippen molar-refractivity contribution in [1.82, 2.24) is 4.57 Å². The van der Waals surface area contributed by atoms with E-state index in [1.165, 1.54) is 49.6 Å². The lowest BCUT2D eigenvalue weighted by molar-refractivity contribution is 0.669. The molecule has 3 heteroatoms. The average Bonchev–Trinajstić information content (AvgIpc) is 3.97. The lowest BCUT2D eigenvalue weighted by Crippen LogP contribution is -2.11. The van der Waals surface area contributed by atoms with Crippen LogP contribution in [0, 0.1) is 0 Å². The van der Waals surface area contributed by atoms with Crippen LogP contribution in [0.3, 0.4) is 0 Å². The Morgan fingerprint density at radius 3 is 1.32 bits per heavy atom. The Labute approximate surface area is 401 Å². The highest BCUT2D eigenvalue weighted by atomic mass is 16.3. The number of nitrogens with zero attached hydrogens (tertiary/aromatic N) is 2. The Balaban J connectivity index is 0.798. The van der Waals surface area contributed by atoms with E-state index in [-0.39, 0.29) is 0 Å². The van der Waals surface area contributed by atoms with Crippen LogP contribution in [-0.4, -0.2) is 4.57 Å². The second-order valence-corrected chi connectivity index (χ2v) is 17.7. The quantitative estimate of drug-likeness (QED) is 0.144. The molecule has 0 aliphatic carbocycles. The van der Waals surface area contributed by atoms with Crippen LogP contribution in [0.4, 0.5) is 17.1 Å². The second kappa shape index (κ2) is 16.9. The molecule has 0 fully saturated rings. The number of para-hydroxylation sites is 4. The number of hydrogen-bond donors (Lipinski definition) is 0. The molecule has 0 bridgehead atoms. The lowest BCUT2D eigenvalue weighted by atomic mass is 9.98. The molecule has 69 heavy (non-hydrogen) atoms. The third-order valence-electron chi connectivity index (χ3n) is 13.6. The number of hydrogen-bond acceptors (Lipinski definition) is 2. The number of furan rings is 1. The minimum Gasteiger partial charge on any atom is -0.456 e. The predicted octanol–water partition coefficient (Wildman–Crippen LogP) is 18.5. The predicted molar refractivity (Wildman–Crippen MR) is 290 cm³/mol. The van der Waals surface area contributed by atoms with Crippen LogP contribution in [0.5, 0.6) is 0 Å². The zero-order valence-corrected chi connectivity index (χ0v) is 37.7. The summed E-state index contributed by atoms with van der Waals surface area (Å²) in [6.07, 6.45) is 0. The highest BCUT2D eigenvalue weighted by molar-refractivity contribution is 6.09. The Morgan fingerprint density at radius 1 is 0.275 bits per heavy atom.